The largest absolute Gasteiger partial charge is 0.328 e. The van der Waals surface area contributed by atoms with Crippen molar-refractivity contribution in [3.05, 3.63) is 0 Å². The summed E-state index contributed by atoms with van der Waals surface area (Å²) in [6.07, 6.45) is 2.78. The van der Waals surface area contributed by atoms with Crippen molar-refractivity contribution in [2.75, 3.05) is 0 Å². The van der Waals surface area contributed by atoms with Crippen LogP contribution in [0.5, 0.6) is 0 Å². The zero-order valence-electron chi connectivity index (χ0n) is 11.2. The van der Waals surface area contributed by atoms with Crippen LogP contribution >= 0.6 is 0 Å². The lowest BCUT2D eigenvalue weighted by Crippen LogP contribution is -2.36. The van der Waals surface area contributed by atoms with Crippen LogP contribution in [0.4, 0.5) is 0 Å². The first-order valence-corrected chi connectivity index (χ1v) is 5.96. The first-order chi connectivity index (χ1) is 7.22. The summed E-state index contributed by atoms with van der Waals surface area (Å²) in [6, 6.07) is 0.209. The van der Waals surface area contributed by atoms with Crippen LogP contribution in [-0.2, 0) is 9.63 Å². The predicted octanol–water partition coefficient (Wildman–Crippen LogP) is 1.99. The van der Waals surface area contributed by atoms with Crippen molar-refractivity contribution in [1.82, 2.24) is 5.48 Å². The summed E-state index contributed by atoms with van der Waals surface area (Å²) >= 11 is 0. The van der Waals surface area contributed by atoms with Crippen molar-refractivity contribution in [3.63, 3.8) is 0 Å². The van der Waals surface area contributed by atoms with Crippen molar-refractivity contribution in [1.29, 1.82) is 0 Å². The molecule has 3 N–H and O–H groups in total. The number of nitrogens with one attached hydrogen (secondary N) is 1. The van der Waals surface area contributed by atoms with Gasteiger partial charge in [0, 0.05) is 12.0 Å². The number of rotatable bonds is 6. The molecule has 2 atom stereocenters. The van der Waals surface area contributed by atoms with E-state index in [-0.39, 0.29) is 23.5 Å². The minimum atomic E-state index is -0.346. The van der Waals surface area contributed by atoms with E-state index in [1.54, 1.807) is 0 Å². The summed E-state index contributed by atoms with van der Waals surface area (Å²) in [5, 5.41) is 0. The number of hydrogen-bond acceptors (Lipinski definition) is 3. The highest BCUT2D eigenvalue weighted by Gasteiger charge is 2.17. The van der Waals surface area contributed by atoms with Gasteiger partial charge in [-0.1, -0.05) is 13.3 Å². The maximum atomic E-state index is 11.6. The summed E-state index contributed by atoms with van der Waals surface area (Å²) in [5.74, 6) is -0.0827. The highest BCUT2D eigenvalue weighted by molar-refractivity contribution is 5.77. The zero-order chi connectivity index (χ0) is 12.8. The van der Waals surface area contributed by atoms with Crippen molar-refractivity contribution in [3.8, 4) is 0 Å². The Morgan fingerprint density at radius 1 is 1.31 bits per heavy atom. The number of carbonyl (C=O) groups excluding carboxylic acids is 1. The molecule has 0 radical (unpaired) electrons. The van der Waals surface area contributed by atoms with Crippen LogP contribution in [0.25, 0.3) is 0 Å². The Bertz CT molecular complexity index is 210. The molecule has 0 saturated heterocycles. The van der Waals surface area contributed by atoms with Gasteiger partial charge in [-0.3, -0.25) is 9.63 Å². The molecule has 0 aliphatic rings. The highest BCUT2D eigenvalue weighted by atomic mass is 16.7. The van der Waals surface area contributed by atoms with E-state index in [2.05, 4.69) is 5.48 Å². The monoisotopic (exact) mass is 230 g/mol. The smallest absolute Gasteiger partial charge is 0.246 e. The third kappa shape index (κ3) is 8.68. The number of hydroxylamine groups is 1. The number of hydrogen-bond donors (Lipinski definition) is 2. The Balaban J connectivity index is 3.74. The Kier molecular flexibility index (Phi) is 6.60. The van der Waals surface area contributed by atoms with Gasteiger partial charge in [-0.2, -0.15) is 0 Å². The van der Waals surface area contributed by atoms with Crippen molar-refractivity contribution < 1.29 is 9.63 Å². The predicted molar refractivity (Wildman–Crippen MR) is 65.6 cm³/mol. The molecule has 0 aromatic carbocycles. The van der Waals surface area contributed by atoms with E-state index in [0.29, 0.717) is 0 Å². The zero-order valence-corrected chi connectivity index (χ0v) is 11.2. The second kappa shape index (κ2) is 6.86. The molecule has 16 heavy (non-hydrogen) atoms. The van der Waals surface area contributed by atoms with Crippen LogP contribution in [0.2, 0.25) is 0 Å². The Labute approximate surface area is 98.9 Å². The molecular formula is C12H26N2O2. The number of nitrogens with two attached hydrogens (primary N) is 1. The number of carbonyl (C=O) groups is 1. The van der Waals surface area contributed by atoms with Gasteiger partial charge in [0.1, 0.15) is 0 Å². The fourth-order valence-corrected chi connectivity index (χ4v) is 1.18. The molecule has 4 heteroatoms. The van der Waals surface area contributed by atoms with E-state index in [9.17, 15) is 4.79 Å². The van der Waals surface area contributed by atoms with E-state index < -0.39 is 0 Å². The normalized spacial score (nSPS) is 15.6. The molecule has 0 heterocycles. The summed E-state index contributed by atoms with van der Waals surface area (Å²) in [5.41, 5.74) is 7.79. The van der Waals surface area contributed by atoms with Crippen LogP contribution in [0.1, 0.15) is 53.9 Å². The second-order valence-corrected chi connectivity index (χ2v) is 5.49. The van der Waals surface area contributed by atoms with Gasteiger partial charge in [0.2, 0.25) is 5.91 Å². The Morgan fingerprint density at radius 2 is 1.88 bits per heavy atom. The lowest BCUT2D eigenvalue weighted by Gasteiger charge is -2.20. The van der Waals surface area contributed by atoms with Crippen LogP contribution in [-0.4, -0.2) is 17.6 Å². The van der Waals surface area contributed by atoms with Gasteiger partial charge < -0.3 is 5.73 Å². The first-order valence-electron chi connectivity index (χ1n) is 5.96. The lowest BCUT2D eigenvalue weighted by atomic mass is 10.0. The maximum Gasteiger partial charge on any atom is 0.246 e. The van der Waals surface area contributed by atoms with Crippen LogP contribution in [0, 0.1) is 5.92 Å². The van der Waals surface area contributed by atoms with Gasteiger partial charge in [0.25, 0.3) is 0 Å². The molecule has 0 aliphatic heterocycles. The van der Waals surface area contributed by atoms with Crippen LogP contribution in [0.3, 0.4) is 0 Å². The van der Waals surface area contributed by atoms with Gasteiger partial charge in [-0.05, 0) is 40.5 Å². The molecular weight excluding hydrogens is 204 g/mol. The van der Waals surface area contributed by atoms with Gasteiger partial charge in [-0.25, -0.2) is 5.48 Å². The molecule has 0 bridgehead atoms. The van der Waals surface area contributed by atoms with Crippen molar-refractivity contribution in [2.24, 2.45) is 11.7 Å². The molecule has 0 fully saturated rings. The fourth-order valence-electron chi connectivity index (χ4n) is 1.18. The van der Waals surface area contributed by atoms with Gasteiger partial charge in [0.05, 0.1) is 5.60 Å². The first kappa shape index (κ1) is 15.4. The molecule has 0 aromatic heterocycles. The van der Waals surface area contributed by atoms with Gasteiger partial charge in [0.15, 0.2) is 0 Å². The summed E-state index contributed by atoms with van der Waals surface area (Å²) in [7, 11) is 0. The fraction of sp³-hybridized carbons (Fsp3) is 0.917. The number of amides is 1. The minimum Gasteiger partial charge on any atom is -0.328 e. The molecule has 1 amide bonds. The third-order valence-corrected chi connectivity index (χ3v) is 2.20. The third-order valence-electron chi connectivity index (χ3n) is 2.20. The standard InChI is InChI=1S/C12H26N2O2/c1-9(7-6-8-10(2)13)11(15)14-16-12(3,4)5/h9-10H,6-8,13H2,1-5H3,(H,14,15). The van der Waals surface area contributed by atoms with Crippen molar-refractivity contribution in [2.45, 2.75) is 65.5 Å². The molecule has 0 saturated carbocycles. The van der Waals surface area contributed by atoms with Gasteiger partial charge >= 0.3 is 0 Å². The van der Waals surface area contributed by atoms with E-state index in [1.165, 1.54) is 0 Å². The van der Waals surface area contributed by atoms with Crippen LogP contribution in [0.15, 0.2) is 0 Å². The Hall–Kier alpha value is -0.610. The molecule has 0 spiro atoms. The topological polar surface area (TPSA) is 64.4 Å². The average molecular weight is 230 g/mol. The van der Waals surface area contributed by atoms with E-state index in [0.717, 1.165) is 19.3 Å². The van der Waals surface area contributed by atoms with Crippen LogP contribution < -0.4 is 11.2 Å². The second-order valence-electron chi connectivity index (χ2n) is 5.49. The van der Waals surface area contributed by atoms with E-state index in [1.807, 2.05) is 34.6 Å². The summed E-state index contributed by atoms with van der Waals surface area (Å²) in [6.45, 7) is 9.58. The highest BCUT2D eigenvalue weighted by Crippen LogP contribution is 2.10. The van der Waals surface area contributed by atoms with Gasteiger partial charge in [-0.15, -0.1) is 0 Å². The Morgan fingerprint density at radius 3 is 2.31 bits per heavy atom. The summed E-state index contributed by atoms with van der Waals surface area (Å²) in [4.78, 5) is 16.8. The molecule has 0 aliphatic carbocycles. The minimum absolute atomic E-state index is 0.0268. The average Bonchev–Trinajstić information content (AvgIpc) is 2.12. The summed E-state index contributed by atoms with van der Waals surface area (Å²) < 4.78 is 0. The quantitative estimate of drug-likeness (QED) is 0.686. The van der Waals surface area contributed by atoms with E-state index in [4.69, 9.17) is 10.6 Å². The molecule has 96 valence electrons. The maximum absolute atomic E-state index is 11.6. The molecule has 4 nitrogen and oxygen atoms in total. The molecule has 0 rings (SSSR count). The SMILES string of the molecule is CC(N)CCCC(C)C(=O)NOC(C)(C)C. The molecule has 0 aromatic rings. The van der Waals surface area contributed by atoms with E-state index >= 15 is 0 Å². The lowest BCUT2D eigenvalue weighted by molar-refractivity contribution is -0.149. The molecule has 2 unspecified atom stereocenters. The van der Waals surface area contributed by atoms with Crippen molar-refractivity contribution >= 4 is 5.91 Å².